The third kappa shape index (κ3) is 3.91. The SMILES string of the molecule is CCOc1ccc(NC(=O)c2cccnc2N(C)C)cc1OC. The van der Waals surface area contributed by atoms with Gasteiger partial charge in [0.05, 0.1) is 19.3 Å². The standard InChI is InChI=1S/C17H21N3O3/c1-5-23-14-9-8-12(11-15(14)22-4)19-17(21)13-7-6-10-18-16(13)20(2)3/h6-11H,5H2,1-4H3,(H,19,21). The van der Waals surface area contributed by atoms with Gasteiger partial charge in [0, 0.05) is 32.0 Å². The Kier molecular flexibility index (Phi) is 5.41. The molecule has 122 valence electrons. The number of nitrogens with zero attached hydrogens (tertiary/aromatic N) is 2. The Morgan fingerprint density at radius 1 is 1.26 bits per heavy atom. The molecule has 2 aromatic rings. The van der Waals surface area contributed by atoms with Gasteiger partial charge in [-0.15, -0.1) is 0 Å². The maximum Gasteiger partial charge on any atom is 0.259 e. The minimum absolute atomic E-state index is 0.229. The Morgan fingerprint density at radius 2 is 2.04 bits per heavy atom. The van der Waals surface area contributed by atoms with Crippen LogP contribution >= 0.6 is 0 Å². The molecule has 0 fully saturated rings. The van der Waals surface area contributed by atoms with Crippen LogP contribution in [0.25, 0.3) is 0 Å². The van der Waals surface area contributed by atoms with Crippen molar-refractivity contribution in [3.63, 3.8) is 0 Å². The fourth-order valence-electron chi connectivity index (χ4n) is 2.15. The van der Waals surface area contributed by atoms with E-state index in [-0.39, 0.29) is 5.91 Å². The summed E-state index contributed by atoms with van der Waals surface area (Å²) in [6, 6.07) is 8.75. The number of carbonyl (C=O) groups excluding carboxylic acids is 1. The number of hydrogen-bond donors (Lipinski definition) is 1. The molecule has 6 nitrogen and oxygen atoms in total. The van der Waals surface area contributed by atoms with Gasteiger partial charge in [0.25, 0.3) is 5.91 Å². The molecular formula is C17H21N3O3. The monoisotopic (exact) mass is 315 g/mol. The number of aromatic nitrogens is 1. The number of methoxy groups -OCH3 is 1. The zero-order valence-electron chi connectivity index (χ0n) is 13.8. The van der Waals surface area contributed by atoms with Gasteiger partial charge in [0.2, 0.25) is 0 Å². The molecule has 23 heavy (non-hydrogen) atoms. The predicted octanol–water partition coefficient (Wildman–Crippen LogP) is 2.81. The second-order valence-corrected chi connectivity index (χ2v) is 5.02. The molecule has 1 aromatic carbocycles. The highest BCUT2D eigenvalue weighted by Crippen LogP contribution is 2.30. The van der Waals surface area contributed by atoms with Gasteiger partial charge in [0.15, 0.2) is 11.5 Å². The van der Waals surface area contributed by atoms with Crippen LogP contribution in [-0.2, 0) is 0 Å². The Balaban J connectivity index is 2.24. The molecule has 0 aliphatic carbocycles. The number of hydrogen-bond acceptors (Lipinski definition) is 5. The smallest absolute Gasteiger partial charge is 0.259 e. The van der Waals surface area contributed by atoms with Gasteiger partial charge in [-0.2, -0.15) is 0 Å². The summed E-state index contributed by atoms with van der Waals surface area (Å²) in [7, 11) is 5.26. The third-order valence-electron chi connectivity index (χ3n) is 3.18. The van der Waals surface area contributed by atoms with Crippen LogP contribution in [0.4, 0.5) is 11.5 Å². The summed E-state index contributed by atoms with van der Waals surface area (Å²) in [4.78, 5) is 18.5. The summed E-state index contributed by atoms with van der Waals surface area (Å²) in [6.45, 7) is 2.45. The average molecular weight is 315 g/mol. The predicted molar refractivity (Wildman–Crippen MR) is 90.7 cm³/mol. The van der Waals surface area contributed by atoms with Gasteiger partial charge < -0.3 is 19.7 Å². The van der Waals surface area contributed by atoms with E-state index in [1.807, 2.05) is 21.0 Å². The van der Waals surface area contributed by atoms with Crippen LogP contribution in [0.5, 0.6) is 11.5 Å². The van der Waals surface area contributed by atoms with Gasteiger partial charge in [-0.25, -0.2) is 4.98 Å². The minimum atomic E-state index is -0.229. The Bertz CT molecular complexity index is 687. The number of nitrogens with one attached hydrogen (secondary N) is 1. The fraction of sp³-hybridized carbons (Fsp3) is 0.294. The van der Waals surface area contributed by atoms with E-state index in [0.717, 1.165) is 0 Å². The number of rotatable bonds is 6. The van der Waals surface area contributed by atoms with E-state index in [2.05, 4.69) is 10.3 Å². The highest BCUT2D eigenvalue weighted by molar-refractivity contribution is 6.07. The molecule has 1 amide bonds. The molecule has 0 atom stereocenters. The molecule has 6 heteroatoms. The Morgan fingerprint density at radius 3 is 2.70 bits per heavy atom. The summed E-state index contributed by atoms with van der Waals surface area (Å²) in [5, 5.41) is 2.86. The number of pyridine rings is 1. The van der Waals surface area contributed by atoms with Gasteiger partial charge >= 0.3 is 0 Å². The number of ether oxygens (including phenoxy) is 2. The van der Waals surface area contributed by atoms with Crippen molar-refractivity contribution in [1.82, 2.24) is 4.98 Å². The van der Waals surface area contributed by atoms with E-state index in [0.29, 0.717) is 35.2 Å². The van der Waals surface area contributed by atoms with E-state index < -0.39 is 0 Å². The van der Waals surface area contributed by atoms with Crippen molar-refractivity contribution in [2.75, 3.05) is 38.0 Å². The van der Waals surface area contributed by atoms with Crippen LogP contribution in [0.2, 0.25) is 0 Å². The maximum absolute atomic E-state index is 12.5. The molecule has 2 rings (SSSR count). The topological polar surface area (TPSA) is 63.7 Å². The van der Waals surface area contributed by atoms with E-state index in [1.54, 1.807) is 48.5 Å². The summed E-state index contributed by atoms with van der Waals surface area (Å²) >= 11 is 0. The van der Waals surface area contributed by atoms with Crippen molar-refractivity contribution in [2.45, 2.75) is 6.92 Å². The van der Waals surface area contributed by atoms with Crippen LogP contribution < -0.4 is 19.7 Å². The molecule has 0 aliphatic heterocycles. The number of anilines is 2. The number of amides is 1. The second kappa shape index (κ2) is 7.49. The average Bonchev–Trinajstić information content (AvgIpc) is 2.56. The van der Waals surface area contributed by atoms with Gasteiger partial charge in [0.1, 0.15) is 5.82 Å². The molecule has 1 heterocycles. The summed E-state index contributed by atoms with van der Waals surface area (Å²) in [5.41, 5.74) is 1.13. The molecule has 1 N–H and O–H groups in total. The van der Waals surface area contributed by atoms with Crippen LogP contribution in [-0.4, -0.2) is 38.7 Å². The fourth-order valence-corrected chi connectivity index (χ4v) is 2.15. The van der Waals surface area contributed by atoms with E-state index >= 15 is 0 Å². The second-order valence-electron chi connectivity index (χ2n) is 5.02. The van der Waals surface area contributed by atoms with Gasteiger partial charge in [-0.3, -0.25) is 4.79 Å². The lowest BCUT2D eigenvalue weighted by atomic mass is 10.2. The molecule has 0 aliphatic rings. The first-order valence-electron chi connectivity index (χ1n) is 7.31. The van der Waals surface area contributed by atoms with Crippen LogP contribution in [0.1, 0.15) is 17.3 Å². The third-order valence-corrected chi connectivity index (χ3v) is 3.18. The molecule has 1 aromatic heterocycles. The van der Waals surface area contributed by atoms with Crippen molar-refractivity contribution >= 4 is 17.4 Å². The number of benzene rings is 1. The molecule has 0 spiro atoms. The molecular weight excluding hydrogens is 294 g/mol. The minimum Gasteiger partial charge on any atom is -0.493 e. The van der Waals surface area contributed by atoms with E-state index in [4.69, 9.17) is 9.47 Å². The lowest BCUT2D eigenvalue weighted by molar-refractivity contribution is 0.102. The first-order valence-corrected chi connectivity index (χ1v) is 7.31. The first-order chi connectivity index (χ1) is 11.1. The normalized spacial score (nSPS) is 10.1. The molecule has 0 radical (unpaired) electrons. The molecule has 0 saturated heterocycles. The summed E-state index contributed by atoms with van der Waals surface area (Å²) < 4.78 is 10.8. The van der Waals surface area contributed by atoms with Crippen molar-refractivity contribution in [3.05, 3.63) is 42.1 Å². The lowest BCUT2D eigenvalue weighted by Crippen LogP contribution is -2.19. The van der Waals surface area contributed by atoms with E-state index in [1.165, 1.54) is 0 Å². The zero-order chi connectivity index (χ0) is 16.8. The van der Waals surface area contributed by atoms with Gasteiger partial charge in [-0.05, 0) is 31.2 Å². The maximum atomic E-state index is 12.5. The van der Waals surface area contributed by atoms with Crippen molar-refractivity contribution < 1.29 is 14.3 Å². The Labute approximate surface area is 136 Å². The van der Waals surface area contributed by atoms with Crippen LogP contribution in [0.15, 0.2) is 36.5 Å². The largest absolute Gasteiger partial charge is 0.493 e. The zero-order valence-corrected chi connectivity index (χ0v) is 13.8. The van der Waals surface area contributed by atoms with Gasteiger partial charge in [-0.1, -0.05) is 0 Å². The lowest BCUT2D eigenvalue weighted by Gasteiger charge is -2.16. The molecule has 0 saturated carbocycles. The molecule has 0 bridgehead atoms. The van der Waals surface area contributed by atoms with Crippen molar-refractivity contribution in [2.24, 2.45) is 0 Å². The van der Waals surface area contributed by atoms with Crippen molar-refractivity contribution in [3.8, 4) is 11.5 Å². The number of carbonyl (C=O) groups is 1. The highest BCUT2D eigenvalue weighted by atomic mass is 16.5. The highest BCUT2D eigenvalue weighted by Gasteiger charge is 2.15. The summed E-state index contributed by atoms with van der Waals surface area (Å²) in [5.74, 6) is 1.60. The van der Waals surface area contributed by atoms with Crippen LogP contribution in [0.3, 0.4) is 0 Å². The van der Waals surface area contributed by atoms with Crippen molar-refractivity contribution in [1.29, 1.82) is 0 Å². The first kappa shape index (κ1) is 16.6. The molecule has 0 unspecified atom stereocenters. The Hall–Kier alpha value is -2.76. The van der Waals surface area contributed by atoms with E-state index in [9.17, 15) is 4.79 Å². The summed E-state index contributed by atoms with van der Waals surface area (Å²) in [6.07, 6.45) is 1.66. The van der Waals surface area contributed by atoms with Crippen LogP contribution in [0, 0.1) is 0 Å². The quantitative estimate of drug-likeness (QED) is 0.888.